The van der Waals surface area contributed by atoms with Gasteiger partial charge in [0.1, 0.15) is 5.03 Å². The molecule has 0 radical (unpaired) electrons. The first kappa shape index (κ1) is 5.98. The van der Waals surface area contributed by atoms with E-state index in [1.54, 1.807) is 11.8 Å². The average Bonchev–Trinajstić information content (AvgIpc) is 2.34. The number of hydrogen-bond acceptors (Lipinski definition) is 2. The Balaban J connectivity index is 2.61. The second-order valence-electron chi connectivity index (χ2n) is 2.25. The van der Waals surface area contributed by atoms with Crippen molar-refractivity contribution in [2.45, 2.75) is 5.03 Å². The van der Waals surface area contributed by atoms with Gasteiger partial charge in [0, 0.05) is 17.5 Å². The topological polar surface area (TPSA) is 12.9 Å². The predicted octanol–water partition coefficient (Wildman–Crippen LogP) is 2.20. The van der Waals surface area contributed by atoms with E-state index in [2.05, 4.69) is 17.6 Å². The predicted molar refractivity (Wildman–Crippen MR) is 44.0 cm³/mol. The molecular formula is C8H7NS. The van der Waals surface area contributed by atoms with Crippen LogP contribution in [0.4, 0.5) is 0 Å². The Kier molecular flexibility index (Phi) is 1.27. The van der Waals surface area contributed by atoms with Crippen molar-refractivity contribution in [3.63, 3.8) is 0 Å². The van der Waals surface area contributed by atoms with Gasteiger partial charge in [-0.3, -0.25) is 0 Å². The van der Waals surface area contributed by atoms with Gasteiger partial charge < -0.3 is 0 Å². The largest absolute Gasteiger partial charge is 0.249 e. The summed E-state index contributed by atoms with van der Waals surface area (Å²) < 4.78 is 0. The summed E-state index contributed by atoms with van der Waals surface area (Å²) in [4.78, 5) is 4.21. The van der Waals surface area contributed by atoms with Gasteiger partial charge in [-0.1, -0.05) is 12.6 Å². The monoisotopic (exact) mass is 149 g/mol. The fraction of sp³-hybridized carbons (Fsp3) is 0.125. The van der Waals surface area contributed by atoms with Crippen LogP contribution in [0, 0.1) is 0 Å². The molecule has 0 unspecified atom stereocenters. The van der Waals surface area contributed by atoms with E-state index in [1.165, 1.54) is 11.1 Å². The van der Waals surface area contributed by atoms with E-state index >= 15 is 0 Å². The molecule has 0 saturated heterocycles. The van der Waals surface area contributed by atoms with Gasteiger partial charge in [-0.15, -0.1) is 11.8 Å². The molecule has 2 heteroatoms. The molecule has 0 aliphatic carbocycles. The van der Waals surface area contributed by atoms with Crippen LogP contribution in [0.5, 0.6) is 0 Å². The molecular weight excluding hydrogens is 142 g/mol. The molecule has 10 heavy (non-hydrogen) atoms. The number of aromatic nitrogens is 1. The Hall–Kier alpha value is -0.760. The van der Waals surface area contributed by atoms with Crippen molar-refractivity contribution in [3.05, 3.63) is 30.5 Å². The van der Waals surface area contributed by atoms with Crippen molar-refractivity contribution in [1.82, 2.24) is 4.98 Å². The Labute approximate surface area is 64.2 Å². The Bertz CT molecular complexity index is 280. The number of hydrogen-bond donors (Lipinski definition) is 0. The molecule has 2 heterocycles. The lowest BCUT2D eigenvalue weighted by atomic mass is 10.2. The normalized spacial score (nSPS) is 15.4. The van der Waals surface area contributed by atoms with Crippen LogP contribution in [0.2, 0.25) is 0 Å². The minimum atomic E-state index is 1.01. The number of thioether (sulfide) groups is 1. The molecule has 1 nitrogen and oxygen atoms in total. The summed E-state index contributed by atoms with van der Waals surface area (Å²) in [5.41, 5.74) is 2.43. The second kappa shape index (κ2) is 2.13. The van der Waals surface area contributed by atoms with Gasteiger partial charge >= 0.3 is 0 Å². The number of fused-ring (bicyclic) bond motifs is 1. The third kappa shape index (κ3) is 0.762. The molecule has 1 aromatic heterocycles. The molecule has 0 atom stereocenters. The Morgan fingerprint density at radius 3 is 3.30 bits per heavy atom. The zero-order chi connectivity index (χ0) is 6.97. The molecule has 2 rings (SSSR count). The zero-order valence-electron chi connectivity index (χ0n) is 5.50. The molecule has 0 fully saturated rings. The molecule has 0 spiro atoms. The molecule has 1 aliphatic rings. The zero-order valence-corrected chi connectivity index (χ0v) is 6.32. The molecule has 0 N–H and O–H groups in total. The summed E-state index contributed by atoms with van der Waals surface area (Å²) in [6, 6.07) is 4.03. The van der Waals surface area contributed by atoms with Gasteiger partial charge in [0.25, 0.3) is 0 Å². The quantitative estimate of drug-likeness (QED) is 0.561. The van der Waals surface area contributed by atoms with Gasteiger partial charge in [-0.25, -0.2) is 4.98 Å². The fourth-order valence-electron chi connectivity index (χ4n) is 1.01. The molecule has 0 aromatic carbocycles. The summed E-state index contributed by atoms with van der Waals surface area (Å²) in [6.45, 7) is 3.93. The van der Waals surface area contributed by atoms with Crippen molar-refractivity contribution in [3.8, 4) is 0 Å². The molecule has 0 amide bonds. The smallest absolute Gasteiger partial charge is 0.104 e. The maximum absolute atomic E-state index is 4.21. The minimum Gasteiger partial charge on any atom is -0.249 e. The van der Waals surface area contributed by atoms with Gasteiger partial charge in [0.15, 0.2) is 0 Å². The number of pyridine rings is 1. The van der Waals surface area contributed by atoms with Crippen LogP contribution in [-0.2, 0) is 0 Å². The first-order valence-corrected chi connectivity index (χ1v) is 4.12. The van der Waals surface area contributed by atoms with Crippen LogP contribution >= 0.6 is 11.8 Å². The van der Waals surface area contributed by atoms with Crippen LogP contribution in [0.1, 0.15) is 5.56 Å². The lowest BCUT2D eigenvalue weighted by molar-refractivity contribution is 1.13. The van der Waals surface area contributed by atoms with Crippen LogP contribution in [-0.4, -0.2) is 10.7 Å². The van der Waals surface area contributed by atoms with Crippen molar-refractivity contribution in [1.29, 1.82) is 0 Å². The Morgan fingerprint density at radius 2 is 2.50 bits per heavy atom. The van der Waals surface area contributed by atoms with Crippen molar-refractivity contribution in [2.75, 3.05) is 5.75 Å². The highest BCUT2D eigenvalue weighted by atomic mass is 32.2. The highest BCUT2D eigenvalue weighted by molar-refractivity contribution is 8.00. The summed E-state index contributed by atoms with van der Waals surface area (Å²) in [5.74, 6) is 1.01. The van der Waals surface area contributed by atoms with E-state index in [4.69, 9.17) is 0 Å². The van der Waals surface area contributed by atoms with Crippen molar-refractivity contribution >= 4 is 17.3 Å². The average molecular weight is 149 g/mol. The third-order valence-corrected chi connectivity index (χ3v) is 2.63. The fourth-order valence-corrected chi connectivity index (χ4v) is 1.98. The lowest BCUT2D eigenvalue weighted by Crippen LogP contribution is -1.79. The highest BCUT2D eigenvalue weighted by Gasteiger charge is 2.14. The lowest BCUT2D eigenvalue weighted by Gasteiger charge is -1.93. The van der Waals surface area contributed by atoms with Gasteiger partial charge in [-0.05, 0) is 11.6 Å². The second-order valence-corrected chi connectivity index (χ2v) is 3.21. The summed E-state index contributed by atoms with van der Waals surface area (Å²) in [7, 11) is 0. The van der Waals surface area contributed by atoms with Crippen LogP contribution < -0.4 is 0 Å². The maximum Gasteiger partial charge on any atom is 0.104 e. The minimum absolute atomic E-state index is 1.01. The summed E-state index contributed by atoms with van der Waals surface area (Å²) >= 11 is 1.77. The van der Waals surface area contributed by atoms with Crippen LogP contribution in [0.15, 0.2) is 29.9 Å². The van der Waals surface area contributed by atoms with E-state index in [-0.39, 0.29) is 0 Å². The van der Waals surface area contributed by atoms with Crippen molar-refractivity contribution in [2.24, 2.45) is 0 Å². The number of nitrogens with zero attached hydrogens (tertiary/aromatic N) is 1. The summed E-state index contributed by atoms with van der Waals surface area (Å²) in [6.07, 6.45) is 1.82. The standard InChI is InChI=1S/C8H7NS/c1-6-5-10-8-7(6)3-2-4-9-8/h2-4H,1,5H2. The first-order chi connectivity index (χ1) is 4.88. The van der Waals surface area contributed by atoms with Crippen LogP contribution in [0.3, 0.4) is 0 Å². The van der Waals surface area contributed by atoms with Gasteiger partial charge in [0.05, 0.1) is 0 Å². The molecule has 0 saturated carbocycles. The molecule has 1 aliphatic heterocycles. The third-order valence-electron chi connectivity index (χ3n) is 1.54. The molecule has 50 valence electrons. The Morgan fingerprint density at radius 1 is 1.60 bits per heavy atom. The highest BCUT2D eigenvalue weighted by Crippen LogP contribution is 2.35. The molecule has 1 aromatic rings. The van der Waals surface area contributed by atoms with E-state index < -0.39 is 0 Å². The van der Waals surface area contributed by atoms with E-state index in [1.807, 2.05) is 12.3 Å². The summed E-state index contributed by atoms with van der Waals surface area (Å²) in [5, 5.41) is 1.13. The van der Waals surface area contributed by atoms with E-state index in [0.717, 1.165) is 10.8 Å². The van der Waals surface area contributed by atoms with Gasteiger partial charge in [-0.2, -0.15) is 0 Å². The van der Waals surface area contributed by atoms with E-state index in [0.29, 0.717) is 0 Å². The van der Waals surface area contributed by atoms with Crippen LogP contribution in [0.25, 0.3) is 5.57 Å². The van der Waals surface area contributed by atoms with Crippen molar-refractivity contribution < 1.29 is 0 Å². The SMILES string of the molecule is C=C1CSc2ncccc21. The first-order valence-electron chi connectivity index (χ1n) is 3.14. The maximum atomic E-state index is 4.21. The van der Waals surface area contributed by atoms with E-state index in [9.17, 15) is 0 Å². The van der Waals surface area contributed by atoms with Gasteiger partial charge in [0.2, 0.25) is 0 Å². The number of rotatable bonds is 0. The molecule has 0 bridgehead atoms.